The van der Waals surface area contributed by atoms with Crippen LogP contribution >= 0.6 is 11.6 Å². The maximum Gasteiger partial charge on any atom is 0.294 e. The molecular weight excluding hydrogens is 326 g/mol. The molecule has 0 saturated heterocycles. The molecule has 0 spiro atoms. The summed E-state index contributed by atoms with van der Waals surface area (Å²) in [4.78, 5) is 26.1. The molecule has 0 radical (unpaired) electrons. The lowest BCUT2D eigenvalue weighted by Gasteiger charge is -2.27. The van der Waals surface area contributed by atoms with Gasteiger partial charge in [0.25, 0.3) is 5.91 Å². The van der Waals surface area contributed by atoms with Crippen molar-refractivity contribution in [2.75, 3.05) is 4.90 Å². The Balaban J connectivity index is 2.18. The first-order valence-corrected chi connectivity index (χ1v) is 7.87. The summed E-state index contributed by atoms with van der Waals surface area (Å²) in [6.45, 7) is 3.29. The zero-order valence-electron chi connectivity index (χ0n) is 13.3. The third-order valence-corrected chi connectivity index (χ3v) is 4.30. The molecule has 0 saturated carbocycles. The van der Waals surface area contributed by atoms with Gasteiger partial charge in [0.05, 0.1) is 11.6 Å². The molecule has 0 aromatic heterocycles. The van der Waals surface area contributed by atoms with Crippen LogP contribution in [0.15, 0.2) is 59.9 Å². The highest BCUT2D eigenvalue weighted by molar-refractivity contribution is 6.30. The van der Waals surface area contributed by atoms with E-state index in [2.05, 4.69) is 0 Å². The fourth-order valence-electron chi connectivity index (χ4n) is 2.93. The minimum Gasteiger partial charge on any atom is -0.503 e. The van der Waals surface area contributed by atoms with E-state index < -0.39 is 17.7 Å². The quantitative estimate of drug-likeness (QED) is 0.912. The maximum absolute atomic E-state index is 12.6. The van der Waals surface area contributed by atoms with Crippen molar-refractivity contribution in [3.8, 4) is 0 Å². The number of halogens is 1. The molecule has 2 aromatic carbocycles. The second-order valence-electron chi connectivity index (χ2n) is 5.79. The lowest BCUT2D eigenvalue weighted by atomic mass is 9.96. The Morgan fingerprint density at radius 3 is 2.42 bits per heavy atom. The van der Waals surface area contributed by atoms with Gasteiger partial charge in [-0.15, -0.1) is 0 Å². The zero-order valence-corrected chi connectivity index (χ0v) is 14.0. The first kappa shape index (κ1) is 16.3. The van der Waals surface area contributed by atoms with E-state index in [4.69, 9.17) is 11.6 Å². The number of aliphatic hydroxyl groups excluding tert-OH is 1. The minimum absolute atomic E-state index is 0.0860. The molecule has 1 aliphatic heterocycles. The van der Waals surface area contributed by atoms with Gasteiger partial charge in [-0.3, -0.25) is 14.5 Å². The van der Waals surface area contributed by atoms with Crippen molar-refractivity contribution in [1.82, 2.24) is 0 Å². The zero-order chi connectivity index (χ0) is 17.4. The molecule has 1 amide bonds. The van der Waals surface area contributed by atoms with Crippen LogP contribution in [0, 0.1) is 6.92 Å². The van der Waals surface area contributed by atoms with Gasteiger partial charge < -0.3 is 5.11 Å². The fourth-order valence-corrected chi connectivity index (χ4v) is 3.13. The molecule has 0 bridgehead atoms. The highest BCUT2D eigenvalue weighted by Gasteiger charge is 2.43. The summed E-state index contributed by atoms with van der Waals surface area (Å²) >= 11 is 6.07. The van der Waals surface area contributed by atoms with Crippen molar-refractivity contribution in [2.24, 2.45) is 0 Å². The largest absolute Gasteiger partial charge is 0.503 e. The second-order valence-corrected chi connectivity index (χ2v) is 6.22. The molecule has 1 atom stereocenters. The molecule has 24 heavy (non-hydrogen) atoms. The van der Waals surface area contributed by atoms with E-state index in [9.17, 15) is 14.7 Å². The molecule has 2 aromatic rings. The van der Waals surface area contributed by atoms with E-state index in [1.165, 1.54) is 11.8 Å². The Morgan fingerprint density at radius 2 is 1.83 bits per heavy atom. The van der Waals surface area contributed by atoms with E-state index in [0.717, 1.165) is 5.56 Å². The van der Waals surface area contributed by atoms with Crippen LogP contribution in [-0.4, -0.2) is 16.8 Å². The van der Waals surface area contributed by atoms with Crippen molar-refractivity contribution < 1.29 is 14.7 Å². The number of hydrogen-bond acceptors (Lipinski definition) is 3. The number of aryl methyl sites for hydroxylation is 1. The number of aliphatic hydroxyl groups is 1. The summed E-state index contributed by atoms with van der Waals surface area (Å²) in [6, 6.07) is 13.6. The summed E-state index contributed by atoms with van der Waals surface area (Å²) in [7, 11) is 0. The predicted octanol–water partition coefficient (Wildman–Crippen LogP) is 4.14. The van der Waals surface area contributed by atoms with Crippen molar-refractivity contribution in [3.63, 3.8) is 0 Å². The first-order chi connectivity index (χ1) is 11.4. The Labute approximate surface area is 145 Å². The number of amides is 1. The van der Waals surface area contributed by atoms with Crippen LogP contribution in [0.1, 0.15) is 24.1 Å². The third-order valence-electron chi connectivity index (χ3n) is 4.06. The van der Waals surface area contributed by atoms with E-state index in [-0.39, 0.29) is 11.4 Å². The summed E-state index contributed by atoms with van der Waals surface area (Å²) in [6.07, 6.45) is 0. The van der Waals surface area contributed by atoms with Gasteiger partial charge in [-0.2, -0.15) is 0 Å². The standard InChI is InChI=1S/C19H16ClNO3/c1-11-6-8-15(9-7-11)21-17(13-4-3-5-14(20)10-13)16(12(2)22)18(23)19(21)24/h3-10,17,23H,1-2H3. The van der Waals surface area contributed by atoms with E-state index in [0.29, 0.717) is 16.3 Å². The number of carbonyl (C=O) groups excluding carboxylic acids is 2. The summed E-state index contributed by atoms with van der Waals surface area (Å²) < 4.78 is 0. The molecule has 122 valence electrons. The van der Waals surface area contributed by atoms with Crippen LogP contribution in [0.3, 0.4) is 0 Å². The summed E-state index contributed by atoms with van der Waals surface area (Å²) in [5.74, 6) is -1.44. The molecule has 5 heteroatoms. The van der Waals surface area contributed by atoms with Gasteiger partial charge >= 0.3 is 0 Å². The summed E-state index contributed by atoms with van der Waals surface area (Å²) in [5.41, 5.74) is 2.42. The molecular formula is C19H16ClNO3. The smallest absolute Gasteiger partial charge is 0.294 e. The molecule has 3 rings (SSSR count). The van der Waals surface area contributed by atoms with E-state index in [1.54, 1.807) is 36.4 Å². The Kier molecular flexibility index (Phi) is 4.16. The molecule has 0 fully saturated rings. The van der Waals surface area contributed by atoms with Gasteiger partial charge in [0.1, 0.15) is 0 Å². The number of carbonyl (C=O) groups is 2. The van der Waals surface area contributed by atoms with Gasteiger partial charge in [0, 0.05) is 10.7 Å². The highest BCUT2D eigenvalue weighted by Crippen LogP contribution is 2.41. The van der Waals surface area contributed by atoms with Crippen molar-refractivity contribution in [1.29, 1.82) is 0 Å². The molecule has 1 aliphatic rings. The van der Waals surface area contributed by atoms with Crippen LogP contribution in [0.5, 0.6) is 0 Å². The van der Waals surface area contributed by atoms with Crippen molar-refractivity contribution in [2.45, 2.75) is 19.9 Å². The Bertz CT molecular complexity index is 855. The number of ketones is 1. The lowest BCUT2D eigenvalue weighted by molar-refractivity contribution is -0.117. The molecule has 1 N–H and O–H groups in total. The van der Waals surface area contributed by atoms with Crippen molar-refractivity contribution in [3.05, 3.63) is 76.0 Å². The topological polar surface area (TPSA) is 57.6 Å². The molecule has 1 unspecified atom stereocenters. The van der Waals surface area contributed by atoms with Gasteiger partial charge in [-0.05, 0) is 43.7 Å². The normalized spacial score (nSPS) is 17.5. The SMILES string of the molecule is CC(=O)C1=C(O)C(=O)N(c2ccc(C)cc2)C1c1cccc(Cl)c1. The lowest BCUT2D eigenvalue weighted by Crippen LogP contribution is -2.30. The monoisotopic (exact) mass is 341 g/mol. The number of rotatable bonds is 3. The van der Waals surface area contributed by atoms with Gasteiger partial charge in [0.15, 0.2) is 11.5 Å². The third kappa shape index (κ3) is 2.69. The second kappa shape index (κ2) is 6.13. The molecule has 4 nitrogen and oxygen atoms in total. The Morgan fingerprint density at radius 1 is 1.17 bits per heavy atom. The van der Waals surface area contributed by atoms with Crippen molar-refractivity contribution >= 4 is 29.0 Å². The molecule has 1 heterocycles. The van der Waals surface area contributed by atoms with Crippen LogP contribution in [-0.2, 0) is 9.59 Å². The van der Waals surface area contributed by atoms with E-state index >= 15 is 0 Å². The van der Waals surface area contributed by atoms with Gasteiger partial charge in [-0.1, -0.05) is 41.4 Å². The fraction of sp³-hybridized carbons (Fsp3) is 0.158. The number of benzene rings is 2. The minimum atomic E-state index is -0.698. The van der Waals surface area contributed by atoms with Crippen LogP contribution in [0.25, 0.3) is 0 Å². The van der Waals surface area contributed by atoms with Crippen LogP contribution in [0.2, 0.25) is 5.02 Å². The number of hydrogen-bond donors (Lipinski definition) is 1. The number of anilines is 1. The van der Waals surface area contributed by atoms with Crippen LogP contribution < -0.4 is 4.90 Å². The number of nitrogens with zero attached hydrogens (tertiary/aromatic N) is 1. The predicted molar refractivity (Wildman–Crippen MR) is 93.2 cm³/mol. The average molecular weight is 342 g/mol. The maximum atomic E-state index is 12.6. The Hall–Kier alpha value is -2.59. The van der Waals surface area contributed by atoms with Crippen LogP contribution in [0.4, 0.5) is 5.69 Å². The average Bonchev–Trinajstić information content (AvgIpc) is 2.80. The van der Waals surface area contributed by atoms with E-state index in [1.807, 2.05) is 19.1 Å². The highest BCUT2D eigenvalue weighted by atomic mass is 35.5. The number of Topliss-reactive ketones (excluding diaryl/α,β-unsaturated/α-hetero) is 1. The first-order valence-electron chi connectivity index (χ1n) is 7.50. The van der Waals surface area contributed by atoms with Gasteiger partial charge in [-0.25, -0.2) is 0 Å². The van der Waals surface area contributed by atoms with Gasteiger partial charge in [0.2, 0.25) is 0 Å². The molecule has 0 aliphatic carbocycles. The summed E-state index contributed by atoms with van der Waals surface area (Å²) in [5, 5.41) is 10.7.